The molecule has 0 amide bonds. The zero-order valence-electron chi connectivity index (χ0n) is 16.9. The summed E-state index contributed by atoms with van der Waals surface area (Å²) in [6.07, 6.45) is 1.75. The number of rotatable bonds is 8. The topological polar surface area (TPSA) is 38.7 Å². The Labute approximate surface area is 158 Å². The summed E-state index contributed by atoms with van der Waals surface area (Å²) in [6.45, 7) is 11.6. The number of benzene rings is 2. The normalized spacial score (nSPS) is 12.0. The Morgan fingerprint density at radius 3 is 1.42 bits per heavy atom. The van der Waals surface area contributed by atoms with Gasteiger partial charge in [0.2, 0.25) is 0 Å². The van der Waals surface area contributed by atoms with E-state index in [2.05, 4.69) is 41.5 Å². The molecule has 0 aliphatic carbocycles. The van der Waals surface area contributed by atoms with Gasteiger partial charge >= 0.3 is 6.92 Å². The third-order valence-electron chi connectivity index (χ3n) is 4.90. The molecule has 0 unspecified atom stereocenters. The fourth-order valence-electron chi connectivity index (χ4n) is 2.51. The minimum Gasteiger partial charge on any atom is -0.488 e. The third-order valence-corrected chi connectivity index (χ3v) is 4.90. The Kier molecular flexibility index (Phi) is 6.41. The first-order chi connectivity index (χ1) is 12.2. The molecule has 0 bridgehead atoms. The average molecular weight is 354 g/mol. The standard InChI is InChI=1S/C22H31BO3/c1-7-21(3,4)25-19-15-11-9-13-17(19)23(24)18-14-10-12-16-20(18)26-22(5,6)8-2/h9-16,24H,7-8H2,1-6H3. The van der Waals surface area contributed by atoms with Gasteiger partial charge in [0.25, 0.3) is 0 Å². The van der Waals surface area contributed by atoms with Crippen molar-refractivity contribution in [2.75, 3.05) is 0 Å². The lowest BCUT2D eigenvalue weighted by Crippen LogP contribution is -2.45. The lowest BCUT2D eigenvalue weighted by atomic mass is 9.55. The molecule has 140 valence electrons. The van der Waals surface area contributed by atoms with Gasteiger partial charge in [0.15, 0.2) is 0 Å². The minimum absolute atomic E-state index is 0.296. The van der Waals surface area contributed by atoms with Crippen LogP contribution in [0.4, 0.5) is 0 Å². The number of ether oxygens (including phenoxy) is 2. The van der Waals surface area contributed by atoms with E-state index in [4.69, 9.17) is 9.47 Å². The van der Waals surface area contributed by atoms with Crippen molar-refractivity contribution >= 4 is 17.8 Å². The van der Waals surface area contributed by atoms with E-state index in [0.29, 0.717) is 11.5 Å². The molecule has 0 aliphatic heterocycles. The summed E-state index contributed by atoms with van der Waals surface area (Å²) in [4.78, 5) is 0. The van der Waals surface area contributed by atoms with Crippen LogP contribution < -0.4 is 20.4 Å². The van der Waals surface area contributed by atoms with Gasteiger partial charge in [0.1, 0.15) is 22.7 Å². The van der Waals surface area contributed by atoms with Crippen molar-refractivity contribution in [3.8, 4) is 11.5 Å². The molecular weight excluding hydrogens is 323 g/mol. The molecule has 4 heteroatoms. The predicted molar refractivity (Wildman–Crippen MR) is 110 cm³/mol. The third kappa shape index (κ3) is 5.04. The molecule has 2 aromatic carbocycles. The molecule has 2 aromatic rings. The largest absolute Gasteiger partial charge is 0.488 e. The maximum Gasteiger partial charge on any atom is 0.366 e. The van der Waals surface area contributed by atoms with E-state index in [-0.39, 0.29) is 11.2 Å². The molecule has 0 aromatic heterocycles. The van der Waals surface area contributed by atoms with Crippen molar-refractivity contribution < 1.29 is 14.5 Å². The van der Waals surface area contributed by atoms with E-state index in [1.165, 1.54) is 0 Å². The van der Waals surface area contributed by atoms with E-state index < -0.39 is 6.92 Å². The van der Waals surface area contributed by atoms with Gasteiger partial charge in [-0.15, -0.1) is 0 Å². The first kappa shape index (κ1) is 20.4. The van der Waals surface area contributed by atoms with Gasteiger partial charge in [-0.2, -0.15) is 0 Å². The maximum atomic E-state index is 11.1. The van der Waals surface area contributed by atoms with Crippen LogP contribution in [-0.2, 0) is 0 Å². The Bertz CT molecular complexity index is 663. The van der Waals surface area contributed by atoms with Crippen LogP contribution in [0.25, 0.3) is 0 Å². The lowest BCUT2D eigenvalue weighted by molar-refractivity contribution is 0.106. The van der Waals surface area contributed by atoms with E-state index in [0.717, 1.165) is 23.8 Å². The first-order valence-electron chi connectivity index (χ1n) is 9.43. The molecule has 2 rings (SSSR count). The number of hydrogen-bond acceptors (Lipinski definition) is 3. The highest BCUT2D eigenvalue weighted by atomic mass is 16.5. The SMILES string of the molecule is CCC(C)(C)Oc1ccccc1B(O)c1ccccc1OC(C)(C)CC. The first-order valence-corrected chi connectivity index (χ1v) is 9.43. The molecule has 0 heterocycles. The van der Waals surface area contributed by atoms with Gasteiger partial charge < -0.3 is 14.5 Å². The zero-order valence-corrected chi connectivity index (χ0v) is 16.9. The zero-order chi connectivity index (χ0) is 19.4. The van der Waals surface area contributed by atoms with Crippen molar-refractivity contribution in [1.29, 1.82) is 0 Å². The fraction of sp³-hybridized carbons (Fsp3) is 0.455. The van der Waals surface area contributed by atoms with Gasteiger partial charge in [-0.25, -0.2) is 0 Å². The van der Waals surface area contributed by atoms with Crippen LogP contribution in [0.1, 0.15) is 54.4 Å². The van der Waals surface area contributed by atoms with Crippen molar-refractivity contribution in [3.63, 3.8) is 0 Å². The molecule has 0 atom stereocenters. The van der Waals surface area contributed by atoms with Crippen LogP contribution in [-0.4, -0.2) is 23.1 Å². The molecule has 0 saturated heterocycles. The van der Waals surface area contributed by atoms with Crippen LogP contribution in [0.5, 0.6) is 11.5 Å². The highest BCUT2D eigenvalue weighted by Crippen LogP contribution is 2.22. The van der Waals surface area contributed by atoms with E-state index >= 15 is 0 Å². The second-order valence-corrected chi connectivity index (χ2v) is 7.91. The van der Waals surface area contributed by atoms with Crippen molar-refractivity contribution in [2.24, 2.45) is 0 Å². The summed E-state index contributed by atoms with van der Waals surface area (Å²) in [6, 6.07) is 15.3. The van der Waals surface area contributed by atoms with Gasteiger partial charge in [-0.3, -0.25) is 0 Å². The number of hydrogen-bond donors (Lipinski definition) is 1. The average Bonchev–Trinajstić information content (AvgIpc) is 2.61. The summed E-state index contributed by atoms with van der Waals surface area (Å²) < 4.78 is 12.4. The Balaban J connectivity index is 2.40. The summed E-state index contributed by atoms with van der Waals surface area (Å²) in [5.74, 6) is 1.41. The quantitative estimate of drug-likeness (QED) is 0.731. The molecule has 0 fully saturated rings. The molecule has 0 aliphatic rings. The monoisotopic (exact) mass is 354 g/mol. The van der Waals surface area contributed by atoms with Crippen LogP contribution in [0.15, 0.2) is 48.5 Å². The van der Waals surface area contributed by atoms with Crippen LogP contribution >= 0.6 is 0 Å². The smallest absolute Gasteiger partial charge is 0.366 e. The Morgan fingerprint density at radius 2 is 1.08 bits per heavy atom. The molecule has 1 N–H and O–H groups in total. The Hall–Kier alpha value is -1.94. The van der Waals surface area contributed by atoms with Gasteiger partial charge in [-0.1, -0.05) is 50.2 Å². The van der Waals surface area contributed by atoms with Crippen molar-refractivity contribution in [3.05, 3.63) is 48.5 Å². The van der Waals surface area contributed by atoms with Crippen LogP contribution in [0, 0.1) is 0 Å². The van der Waals surface area contributed by atoms with Crippen LogP contribution in [0.3, 0.4) is 0 Å². The minimum atomic E-state index is -0.817. The predicted octanol–water partition coefficient (Wildman–Crippen LogP) is 3.92. The fourth-order valence-corrected chi connectivity index (χ4v) is 2.51. The van der Waals surface area contributed by atoms with E-state index in [1.54, 1.807) is 0 Å². The second-order valence-electron chi connectivity index (χ2n) is 7.91. The Morgan fingerprint density at radius 1 is 0.731 bits per heavy atom. The van der Waals surface area contributed by atoms with Crippen molar-refractivity contribution in [2.45, 2.75) is 65.6 Å². The van der Waals surface area contributed by atoms with E-state index in [1.807, 2.05) is 48.5 Å². The molecular formula is C22H31BO3. The maximum absolute atomic E-state index is 11.1. The molecule has 0 radical (unpaired) electrons. The second kappa shape index (κ2) is 8.17. The summed E-state index contributed by atoms with van der Waals surface area (Å²) >= 11 is 0. The van der Waals surface area contributed by atoms with E-state index in [9.17, 15) is 5.02 Å². The van der Waals surface area contributed by atoms with Gasteiger partial charge in [0.05, 0.1) is 0 Å². The summed E-state index contributed by atoms with van der Waals surface area (Å²) in [7, 11) is 0. The van der Waals surface area contributed by atoms with Crippen LogP contribution in [0.2, 0.25) is 0 Å². The van der Waals surface area contributed by atoms with Gasteiger partial charge in [0, 0.05) is 0 Å². The highest BCUT2D eigenvalue weighted by molar-refractivity contribution is 6.80. The van der Waals surface area contributed by atoms with Crippen molar-refractivity contribution in [1.82, 2.24) is 0 Å². The molecule has 0 saturated carbocycles. The van der Waals surface area contributed by atoms with Gasteiger partial charge in [-0.05, 0) is 63.6 Å². The summed E-state index contributed by atoms with van der Waals surface area (Å²) in [5.41, 5.74) is 0.908. The lowest BCUT2D eigenvalue weighted by Gasteiger charge is -2.28. The molecule has 3 nitrogen and oxygen atoms in total. The number of para-hydroxylation sites is 2. The highest BCUT2D eigenvalue weighted by Gasteiger charge is 2.28. The molecule has 26 heavy (non-hydrogen) atoms. The molecule has 0 spiro atoms. The summed E-state index contributed by atoms with van der Waals surface area (Å²) in [5, 5.41) is 11.1.